The van der Waals surface area contributed by atoms with Crippen molar-refractivity contribution >= 4 is 30.1 Å². The van der Waals surface area contributed by atoms with Gasteiger partial charge in [0.15, 0.2) is 12.0 Å². The molecule has 1 aliphatic carbocycles. The van der Waals surface area contributed by atoms with Gasteiger partial charge >= 0.3 is 12.0 Å². The second-order valence-corrected chi connectivity index (χ2v) is 7.90. The Morgan fingerprint density at radius 1 is 1.32 bits per heavy atom. The Morgan fingerprint density at radius 2 is 1.97 bits per heavy atom. The molecule has 1 saturated heterocycles. The average molecular weight is 428 g/mol. The van der Waals surface area contributed by atoms with Crippen LogP contribution in [0.1, 0.15) is 37.8 Å². The fourth-order valence-electron chi connectivity index (χ4n) is 3.74. The number of nitrogens with zero attached hydrogens (tertiary/aromatic N) is 2. The fraction of sp³-hybridized carbons (Fsp3) is 0.476. The van der Waals surface area contributed by atoms with Gasteiger partial charge in [-0.2, -0.15) is 0 Å². The molecule has 1 aromatic rings. The minimum absolute atomic E-state index is 0.221. The van der Waals surface area contributed by atoms with Gasteiger partial charge in [-0.25, -0.2) is 14.5 Å². The summed E-state index contributed by atoms with van der Waals surface area (Å²) in [4.78, 5) is 40.8. The smallest absolute Gasteiger partial charge is 0.330 e. The van der Waals surface area contributed by atoms with Crippen molar-refractivity contribution in [2.24, 2.45) is 11.7 Å². The zero-order valence-electron chi connectivity index (χ0n) is 17.6. The summed E-state index contributed by atoms with van der Waals surface area (Å²) in [5, 5.41) is 18.1. The highest BCUT2D eigenvalue weighted by atomic mass is 16.5. The first-order chi connectivity index (χ1) is 14.8. The number of amides is 3. The maximum atomic E-state index is 12.9. The number of nitrogens with one attached hydrogen (secondary N) is 3. The van der Waals surface area contributed by atoms with E-state index in [1.54, 1.807) is 6.92 Å². The van der Waals surface area contributed by atoms with E-state index in [1.807, 2.05) is 30.3 Å². The number of hydrogen-bond donors (Lipinski definition) is 4. The van der Waals surface area contributed by atoms with Crippen LogP contribution in [0.25, 0.3) is 0 Å². The van der Waals surface area contributed by atoms with Gasteiger partial charge in [-0.15, -0.1) is 0 Å². The van der Waals surface area contributed by atoms with Gasteiger partial charge in [0, 0.05) is 13.3 Å². The number of benzene rings is 1. The van der Waals surface area contributed by atoms with E-state index in [9.17, 15) is 14.4 Å². The molecule has 0 aromatic heterocycles. The molecule has 10 heteroatoms. The summed E-state index contributed by atoms with van der Waals surface area (Å²) in [6.45, 7) is 1.78. The molecule has 5 N–H and O–H groups in total. The first-order valence-electron chi connectivity index (χ1n) is 10.2. The number of rotatable bonds is 7. The van der Waals surface area contributed by atoms with Crippen LogP contribution in [-0.2, 0) is 14.3 Å². The number of hydrogen-bond acceptors (Lipinski definition) is 6. The highest BCUT2D eigenvalue weighted by molar-refractivity contribution is 6.09. The number of β-lactam (4-membered cyclic amide) rings is 1. The van der Waals surface area contributed by atoms with Crippen LogP contribution in [0.15, 0.2) is 30.3 Å². The van der Waals surface area contributed by atoms with Gasteiger partial charge in [0.1, 0.15) is 6.10 Å². The average Bonchev–Trinajstić information content (AvgIpc) is 2.72. The van der Waals surface area contributed by atoms with Crippen molar-refractivity contribution in [2.45, 2.75) is 50.4 Å². The molecule has 2 fully saturated rings. The monoisotopic (exact) mass is 428 g/mol. The van der Waals surface area contributed by atoms with Crippen molar-refractivity contribution in [2.75, 3.05) is 7.05 Å². The third-order valence-electron chi connectivity index (χ3n) is 5.94. The van der Waals surface area contributed by atoms with Crippen molar-refractivity contribution in [3.63, 3.8) is 0 Å². The zero-order valence-corrected chi connectivity index (χ0v) is 17.6. The van der Waals surface area contributed by atoms with Crippen LogP contribution in [0.5, 0.6) is 0 Å². The molecule has 3 rings (SSSR count). The van der Waals surface area contributed by atoms with Crippen LogP contribution in [0.3, 0.4) is 0 Å². The third kappa shape index (κ3) is 4.37. The summed E-state index contributed by atoms with van der Waals surface area (Å²) in [6, 6.07) is 6.01. The van der Waals surface area contributed by atoms with Gasteiger partial charge in [0.2, 0.25) is 5.91 Å². The molecule has 1 unspecified atom stereocenters. The number of guanidine groups is 1. The lowest BCUT2D eigenvalue weighted by molar-refractivity contribution is -0.177. The van der Waals surface area contributed by atoms with Gasteiger partial charge in [0.25, 0.3) is 0 Å². The predicted molar refractivity (Wildman–Crippen MR) is 113 cm³/mol. The molecule has 4 atom stereocenters. The van der Waals surface area contributed by atoms with Gasteiger partial charge in [-0.05, 0) is 31.7 Å². The minimum atomic E-state index is -1.19. The number of carbonyl (C=O) groups is 3. The SMILES string of the molecule is C[C@@H](NC(=O)N1C(=O)[C@H](C(C=N)N(C)C(=N)N)[C@H]1C(=O)OC1CCC1)c1ccccc1. The lowest BCUT2D eigenvalue weighted by Crippen LogP contribution is -2.73. The van der Waals surface area contributed by atoms with Crippen LogP contribution < -0.4 is 11.1 Å². The van der Waals surface area contributed by atoms with Crippen molar-refractivity contribution in [3.8, 4) is 0 Å². The summed E-state index contributed by atoms with van der Waals surface area (Å²) < 4.78 is 5.48. The number of likely N-dealkylation sites (tertiary alicyclic amines) is 1. The van der Waals surface area contributed by atoms with Crippen molar-refractivity contribution in [3.05, 3.63) is 35.9 Å². The summed E-state index contributed by atoms with van der Waals surface area (Å²) in [7, 11) is 1.46. The third-order valence-corrected chi connectivity index (χ3v) is 5.94. The lowest BCUT2D eigenvalue weighted by atomic mass is 9.81. The number of imide groups is 1. The molecule has 0 bridgehead atoms. The Kier molecular flexibility index (Phi) is 6.57. The predicted octanol–water partition coefficient (Wildman–Crippen LogP) is 1.22. The molecule has 1 saturated carbocycles. The van der Waals surface area contributed by atoms with Crippen molar-refractivity contribution in [1.82, 2.24) is 15.1 Å². The van der Waals surface area contributed by atoms with Crippen LogP contribution >= 0.6 is 0 Å². The Bertz CT molecular complexity index is 872. The first kappa shape index (κ1) is 22.3. The second-order valence-electron chi connectivity index (χ2n) is 7.90. The van der Waals surface area contributed by atoms with Crippen LogP contribution in [0.2, 0.25) is 0 Å². The fourth-order valence-corrected chi connectivity index (χ4v) is 3.74. The highest BCUT2D eigenvalue weighted by Gasteiger charge is 2.59. The van der Waals surface area contributed by atoms with Crippen LogP contribution in [0.4, 0.5) is 4.79 Å². The van der Waals surface area contributed by atoms with Gasteiger partial charge in [0.05, 0.1) is 18.0 Å². The molecule has 31 heavy (non-hydrogen) atoms. The van der Waals surface area contributed by atoms with Crippen LogP contribution in [0, 0.1) is 16.7 Å². The largest absolute Gasteiger partial charge is 0.461 e. The van der Waals surface area contributed by atoms with Crippen molar-refractivity contribution < 1.29 is 19.1 Å². The Morgan fingerprint density at radius 3 is 2.48 bits per heavy atom. The van der Waals surface area contributed by atoms with E-state index in [4.69, 9.17) is 21.3 Å². The molecular weight excluding hydrogens is 400 g/mol. The summed E-state index contributed by atoms with van der Waals surface area (Å²) in [5.74, 6) is -2.69. The number of urea groups is 1. The molecule has 3 amide bonds. The molecule has 166 valence electrons. The molecule has 0 radical (unpaired) electrons. The van der Waals surface area contributed by atoms with E-state index >= 15 is 0 Å². The molecule has 0 spiro atoms. The normalized spacial score (nSPS) is 22.4. The quantitative estimate of drug-likeness (QED) is 0.222. The number of nitrogens with two attached hydrogens (primary N) is 1. The van der Waals surface area contributed by atoms with E-state index in [0.717, 1.165) is 35.9 Å². The van der Waals surface area contributed by atoms with Crippen molar-refractivity contribution in [1.29, 1.82) is 10.8 Å². The summed E-state index contributed by atoms with van der Waals surface area (Å²) in [5.41, 5.74) is 6.37. The van der Waals surface area contributed by atoms with Crippen LogP contribution in [-0.4, -0.2) is 65.1 Å². The lowest BCUT2D eigenvalue weighted by Gasteiger charge is -2.48. The maximum Gasteiger partial charge on any atom is 0.330 e. The minimum Gasteiger partial charge on any atom is -0.461 e. The van der Waals surface area contributed by atoms with Gasteiger partial charge < -0.3 is 26.1 Å². The van der Waals surface area contributed by atoms with Gasteiger partial charge in [-0.3, -0.25) is 10.2 Å². The maximum absolute atomic E-state index is 12.9. The number of carbonyl (C=O) groups excluding carboxylic acids is 3. The molecule has 2 aliphatic rings. The highest BCUT2D eigenvalue weighted by Crippen LogP contribution is 2.34. The first-order valence-corrected chi connectivity index (χ1v) is 10.2. The molecular formula is C21H28N6O4. The molecule has 1 heterocycles. The standard InChI is InChI=1S/C21H28N6O4/c1-12(13-7-4-3-5-8-13)25-21(30)27-17(19(29)31-14-9-6-10-14)16(18(27)28)15(11-22)26(2)20(23)24/h3-5,7-8,11-12,14-17,22H,6,9-10H2,1-2H3,(H3,23,24)(H,25,30)/t12-,15?,16-,17+/m1/s1. The zero-order chi connectivity index (χ0) is 22.7. The topological polar surface area (TPSA) is 153 Å². The van der Waals surface area contributed by atoms with E-state index in [-0.39, 0.29) is 18.1 Å². The summed E-state index contributed by atoms with van der Waals surface area (Å²) >= 11 is 0. The number of ether oxygens (including phenoxy) is 1. The molecule has 1 aliphatic heterocycles. The number of esters is 1. The molecule has 10 nitrogen and oxygen atoms in total. The van der Waals surface area contributed by atoms with E-state index in [2.05, 4.69) is 5.32 Å². The van der Waals surface area contributed by atoms with E-state index in [1.165, 1.54) is 11.9 Å². The van der Waals surface area contributed by atoms with E-state index in [0.29, 0.717) is 0 Å². The van der Waals surface area contributed by atoms with E-state index < -0.39 is 35.9 Å². The Balaban J connectivity index is 1.81. The Labute approximate surface area is 180 Å². The van der Waals surface area contributed by atoms with Gasteiger partial charge in [-0.1, -0.05) is 30.3 Å². The summed E-state index contributed by atoms with van der Waals surface area (Å²) in [6.07, 6.45) is 3.18. The Hall–Kier alpha value is -3.43. The molecule has 1 aromatic carbocycles. The second kappa shape index (κ2) is 9.15.